The van der Waals surface area contributed by atoms with Crippen LogP contribution in [0.5, 0.6) is 0 Å². The normalized spacial score (nSPS) is 47.2. The quantitative estimate of drug-likeness (QED) is 0.421. The fourth-order valence-electron chi connectivity index (χ4n) is 10.0. The minimum absolute atomic E-state index is 0.0161. The Morgan fingerprint density at radius 1 is 1.03 bits per heavy atom. The van der Waals surface area contributed by atoms with Crippen LogP contribution in [-0.4, -0.2) is 24.6 Å². The molecule has 5 nitrogen and oxygen atoms in total. The molecule has 5 aliphatic rings. The Kier molecular flexibility index (Phi) is 5.40. The molecule has 0 heterocycles. The van der Waals surface area contributed by atoms with Crippen LogP contribution < -0.4 is 0 Å². The molecule has 0 N–H and O–H groups in total. The van der Waals surface area contributed by atoms with Crippen molar-refractivity contribution in [2.45, 2.75) is 86.5 Å². The summed E-state index contributed by atoms with van der Waals surface area (Å²) in [7, 11) is 1.47. The minimum Gasteiger partial charge on any atom is -0.469 e. The molecular weight excluding hydrogens is 450 g/mol. The van der Waals surface area contributed by atoms with E-state index in [0.29, 0.717) is 0 Å². The number of fused-ring (bicyclic) bond motifs is 7. The predicted molar refractivity (Wildman–Crippen MR) is 136 cm³/mol. The van der Waals surface area contributed by atoms with Crippen LogP contribution in [-0.2, 0) is 19.1 Å². The molecule has 0 aromatic rings. The van der Waals surface area contributed by atoms with Gasteiger partial charge in [0.05, 0.1) is 18.6 Å². The van der Waals surface area contributed by atoms with Crippen molar-refractivity contribution in [3.05, 3.63) is 23.3 Å². The maximum atomic E-state index is 14.3. The van der Waals surface area contributed by atoms with Crippen LogP contribution in [0.25, 0.3) is 0 Å². The molecular formula is C31H41NO4. The third kappa shape index (κ3) is 2.96. The summed E-state index contributed by atoms with van der Waals surface area (Å²) in [6, 6.07) is 2.16. The highest BCUT2D eigenvalue weighted by Crippen LogP contribution is 2.74. The third-order valence-electron chi connectivity index (χ3n) is 12.3. The summed E-state index contributed by atoms with van der Waals surface area (Å²) in [5.74, 6) is -0.272. The van der Waals surface area contributed by atoms with Gasteiger partial charge < -0.3 is 4.74 Å². The predicted octanol–water partition coefficient (Wildman–Crippen LogP) is 5.99. The van der Waals surface area contributed by atoms with Crippen LogP contribution in [0.15, 0.2) is 23.3 Å². The van der Waals surface area contributed by atoms with Crippen LogP contribution in [0.4, 0.5) is 0 Å². The Balaban J connectivity index is 1.65. The zero-order chi connectivity index (χ0) is 26.5. The first-order chi connectivity index (χ1) is 16.7. The van der Waals surface area contributed by atoms with E-state index in [1.807, 2.05) is 26.0 Å². The number of hydrogen-bond donors (Lipinski definition) is 0. The Morgan fingerprint density at radius 2 is 1.72 bits per heavy atom. The number of hydrogen-bond acceptors (Lipinski definition) is 5. The van der Waals surface area contributed by atoms with Crippen molar-refractivity contribution in [1.29, 1.82) is 5.26 Å². The lowest BCUT2D eigenvalue weighted by molar-refractivity contribution is -0.170. The number of ether oxygens (including phenoxy) is 1. The van der Waals surface area contributed by atoms with Crippen molar-refractivity contribution in [3.63, 3.8) is 0 Å². The number of esters is 1. The molecule has 0 saturated heterocycles. The number of carbonyl (C=O) groups is 3. The summed E-state index contributed by atoms with van der Waals surface area (Å²) in [5, 5.41) is 9.84. The molecule has 0 radical (unpaired) electrons. The fourth-order valence-corrected chi connectivity index (χ4v) is 10.0. The van der Waals surface area contributed by atoms with Gasteiger partial charge in [-0.3, -0.25) is 14.4 Å². The number of Topliss-reactive ketones (excluding diaryl/α,β-unsaturated/α-hetero) is 1. The lowest BCUT2D eigenvalue weighted by Crippen LogP contribution is -2.65. The summed E-state index contributed by atoms with van der Waals surface area (Å²) in [6.45, 7) is 13.1. The van der Waals surface area contributed by atoms with Crippen molar-refractivity contribution in [3.8, 4) is 6.07 Å². The Hall–Kier alpha value is -2.22. The van der Waals surface area contributed by atoms with Gasteiger partial charge in [0, 0.05) is 16.7 Å². The second-order valence-electron chi connectivity index (χ2n) is 14.1. The summed E-state index contributed by atoms with van der Waals surface area (Å²) < 4.78 is 5.13. The van der Waals surface area contributed by atoms with Gasteiger partial charge in [-0.2, -0.15) is 5.26 Å². The summed E-state index contributed by atoms with van der Waals surface area (Å²) >= 11 is 0. The van der Waals surface area contributed by atoms with E-state index in [4.69, 9.17) is 4.74 Å². The first kappa shape index (κ1) is 25.4. The molecule has 5 aliphatic carbocycles. The SMILES string of the molecule is COC(=O)[C@H]1CC[C@]2(C)CC[C@]3(C)C(=CC(=O)[C@@H]4[C@@]5(C)C=C(C#N)C(=O)C(C)(C)[C@@H]5CC[C@]43C)[C@H]2C1. The van der Waals surface area contributed by atoms with E-state index in [-0.39, 0.29) is 63.0 Å². The monoisotopic (exact) mass is 491 g/mol. The van der Waals surface area contributed by atoms with Gasteiger partial charge in [-0.1, -0.05) is 53.2 Å². The second kappa shape index (κ2) is 7.65. The first-order valence-electron chi connectivity index (χ1n) is 13.7. The number of allylic oxidation sites excluding steroid dienone is 4. The van der Waals surface area contributed by atoms with E-state index in [9.17, 15) is 19.6 Å². The molecule has 0 spiro atoms. The van der Waals surface area contributed by atoms with Crippen LogP contribution in [0.2, 0.25) is 0 Å². The van der Waals surface area contributed by atoms with Crippen molar-refractivity contribution >= 4 is 17.5 Å². The van der Waals surface area contributed by atoms with Crippen molar-refractivity contribution < 1.29 is 19.1 Å². The number of ketones is 2. The zero-order valence-electron chi connectivity index (χ0n) is 23.0. The zero-order valence-corrected chi connectivity index (χ0v) is 23.0. The highest BCUT2D eigenvalue weighted by molar-refractivity contribution is 6.05. The van der Waals surface area contributed by atoms with Gasteiger partial charge in [0.15, 0.2) is 11.6 Å². The van der Waals surface area contributed by atoms with Crippen molar-refractivity contribution in [1.82, 2.24) is 0 Å². The topological polar surface area (TPSA) is 84.2 Å². The van der Waals surface area contributed by atoms with E-state index in [1.54, 1.807) is 0 Å². The lowest BCUT2D eigenvalue weighted by Gasteiger charge is -2.68. The maximum absolute atomic E-state index is 14.3. The number of carbonyl (C=O) groups excluding carboxylic acids is 3. The Bertz CT molecular complexity index is 1160. The fraction of sp³-hybridized carbons (Fsp3) is 0.742. The molecule has 36 heavy (non-hydrogen) atoms. The van der Waals surface area contributed by atoms with Crippen LogP contribution in [0, 0.1) is 62.1 Å². The van der Waals surface area contributed by atoms with Gasteiger partial charge in [0.2, 0.25) is 0 Å². The maximum Gasteiger partial charge on any atom is 0.308 e. The average molecular weight is 492 g/mol. The van der Waals surface area contributed by atoms with Gasteiger partial charge in [-0.15, -0.1) is 0 Å². The molecule has 5 rings (SSSR count). The molecule has 3 saturated carbocycles. The highest BCUT2D eigenvalue weighted by Gasteiger charge is 2.69. The van der Waals surface area contributed by atoms with E-state index >= 15 is 0 Å². The van der Waals surface area contributed by atoms with Crippen LogP contribution in [0.3, 0.4) is 0 Å². The minimum atomic E-state index is -0.677. The molecule has 3 fully saturated rings. The molecule has 0 amide bonds. The lowest BCUT2D eigenvalue weighted by atomic mass is 9.34. The Labute approximate surface area is 215 Å². The van der Waals surface area contributed by atoms with Crippen molar-refractivity contribution in [2.24, 2.45) is 50.7 Å². The summed E-state index contributed by atoms with van der Waals surface area (Å²) in [6.07, 6.45) is 10.2. The molecule has 0 aromatic heterocycles. The molecule has 0 aromatic carbocycles. The van der Waals surface area contributed by atoms with E-state index in [2.05, 4.69) is 33.8 Å². The average Bonchev–Trinajstić information content (AvgIpc) is 2.82. The standard InChI is InChI=1S/C31H41NO4/c1-27(2)23-9-11-31(6)24(29(23,4)16-19(17-32)25(27)34)22(33)15-21-20-14-18(26(35)36-7)8-10-28(20,3)12-13-30(21,31)5/h15-16,18,20,23-24H,8-14H2,1-7H3/t18-,20+,23-,24+,28+,29-,30+,31+/m0/s1. The molecule has 0 unspecified atom stereocenters. The van der Waals surface area contributed by atoms with Gasteiger partial charge in [-0.05, 0) is 79.1 Å². The largest absolute Gasteiger partial charge is 0.469 e. The summed E-state index contributed by atoms with van der Waals surface area (Å²) in [4.78, 5) is 39.9. The molecule has 194 valence electrons. The van der Waals surface area contributed by atoms with E-state index in [0.717, 1.165) is 44.9 Å². The summed E-state index contributed by atoms with van der Waals surface area (Å²) in [5.41, 5.74) is -0.150. The van der Waals surface area contributed by atoms with Gasteiger partial charge in [0.1, 0.15) is 6.07 Å². The number of nitrogens with zero attached hydrogens (tertiary/aromatic N) is 1. The van der Waals surface area contributed by atoms with Crippen LogP contribution in [0.1, 0.15) is 86.5 Å². The van der Waals surface area contributed by atoms with Crippen molar-refractivity contribution in [2.75, 3.05) is 7.11 Å². The van der Waals surface area contributed by atoms with Crippen LogP contribution >= 0.6 is 0 Å². The third-order valence-corrected chi connectivity index (χ3v) is 12.3. The molecule has 0 aliphatic heterocycles. The van der Waals surface area contributed by atoms with E-state index in [1.165, 1.54) is 12.7 Å². The number of nitriles is 1. The van der Waals surface area contributed by atoms with E-state index < -0.39 is 10.8 Å². The molecule has 8 atom stereocenters. The first-order valence-corrected chi connectivity index (χ1v) is 13.7. The second-order valence-corrected chi connectivity index (χ2v) is 14.1. The molecule has 0 bridgehead atoms. The highest BCUT2D eigenvalue weighted by atomic mass is 16.5. The number of methoxy groups -OCH3 is 1. The Morgan fingerprint density at radius 3 is 2.36 bits per heavy atom. The number of rotatable bonds is 1. The van der Waals surface area contributed by atoms with Gasteiger partial charge in [0.25, 0.3) is 0 Å². The van der Waals surface area contributed by atoms with Gasteiger partial charge in [-0.25, -0.2) is 0 Å². The molecule has 5 heteroatoms. The van der Waals surface area contributed by atoms with Gasteiger partial charge >= 0.3 is 5.97 Å². The smallest absolute Gasteiger partial charge is 0.308 e.